The summed E-state index contributed by atoms with van der Waals surface area (Å²) < 4.78 is 5.96. The molecule has 1 saturated carbocycles. The summed E-state index contributed by atoms with van der Waals surface area (Å²) in [6.45, 7) is 1.08. The Labute approximate surface area is 178 Å². The van der Waals surface area contributed by atoms with Gasteiger partial charge in [-0.25, -0.2) is 4.98 Å². The van der Waals surface area contributed by atoms with Crippen LogP contribution in [0.25, 0.3) is 0 Å². The molecule has 1 fully saturated rings. The van der Waals surface area contributed by atoms with Gasteiger partial charge in [0, 0.05) is 23.8 Å². The molecule has 1 aromatic heterocycles. The van der Waals surface area contributed by atoms with Gasteiger partial charge in [0.1, 0.15) is 11.5 Å². The maximum absolute atomic E-state index is 13.3. The van der Waals surface area contributed by atoms with E-state index in [-0.39, 0.29) is 17.7 Å². The molecule has 0 spiro atoms. The molecule has 1 N–H and O–H groups in total. The number of hydrogen-bond donors (Lipinski definition) is 1. The molecule has 152 valence electrons. The first-order valence-corrected chi connectivity index (χ1v) is 10.9. The van der Waals surface area contributed by atoms with Crippen molar-refractivity contribution < 1.29 is 14.3 Å². The second kappa shape index (κ2) is 7.91. The zero-order valence-corrected chi connectivity index (χ0v) is 17.2. The zero-order chi connectivity index (χ0) is 20.5. The highest BCUT2D eigenvalue weighted by atomic mass is 32.1. The molecule has 0 bridgehead atoms. The van der Waals surface area contributed by atoms with Gasteiger partial charge in [-0.1, -0.05) is 41.7 Å². The van der Waals surface area contributed by atoms with Crippen LogP contribution in [0.5, 0.6) is 11.5 Å². The monoisotopic (exact) mass is 419 g/mol. The molecule has 0 atom stereocenters. The number of rotatable bonds is 5. The number of nitrogens with zero attached hydrogens (tertiary/aromatic N) is 2. The largest absolute Gasteiger partial charge is 0.457 e. The molecule has 30 heavy (non-hydrogen) atoms. The molecule has 2 aliphatic rings. The van der Waals surface area contributed by atoms with E-state index in [9.17, 15) is 9.59 Å². The lowest BCUT2D eigenvalue weighted by atomic mass is 10.1. The first kappa shape index (κ1) is 18.8. The van der Waals surface area contributed by atoms with Crippen molar-refractivity contribution in [3.63, 3.8) is 0 Å². The summed E-state index contributed by atoms with van der Waals surface area (Å²) in [6, 6.07) is 16.8. The van der Waals surface area contributed by atoms with E-state index in [1.807, 2.05) is 53.4 Å². The van der Waals surface area contributed by atoms with Gasteiger partial charge in [-0.3, -0.25) is 9.59 Å². The molecular formula is C23H21N3O3S. The number of para-hydroxylation sites is 2. The van der Waals surface area contributed by atoms with Crippen LogP contribution in [0.4, 0.5) is 5.13 Å². The Morgan fingerprint density at radius 2 is 1.83 bits per heavy atom. The van der Waals surface area contributed by atoms with E-state index in [4.69, 9.17) is 4.74 Å². The highest BCUT2D eigenvalue weighted by Gasteiger charge is 2.31. The van der Waals surface area contributed by atoms with E-state index in [2.05, 4.69) is 10.3 Å². The van der Waals surface area contributed by atoms with Gasteiger partial charge in [0.2, 0.25) is 5.91 Å². The lowest BCUT2D eigenvalue weighted by molar-refractivity contribution is -0.117. The van der Waals surface area contributed by atoms with Gasteiger partial charge in [0.05, 0.1) is 17.8 Å². The number of ether oxygens (including phenoxy) is 1. The van der Waals surface area contributed by atoms with Crippen LogP contribution in [0, 0.1) is 5.92 Å². The predicted octanol–water partition coefficient (Wildman–Crippen LogP) is 4.48. The van der Waals surface area contributed by atoms with Gasteiger partial charge >= 0.3 is 0 Å². The van der Waals surface area contributed by atoms with Gasteiger partial charge in [0.15, 0.2) is 5.13 Å². The van der Waals surface area contributed by atoms with Crippen LogP contribution >= 0.6 is 11.3 Å². The highest BCUT2D eigenvalue weighted by molar-refractivity contribution is 7.15. The van der Waals surface area contributed by atoms with Crippen molar-refractivity contribution in [1.29, 1.82) is 0 Å². The van der Waals surface area contributed by atoms with Crippen molar-refractivity contribution in [2.45, 2.75) is 25.8 Å². The third-order valence-corrected chi connectivity index (χ3v) is 6.28. The third kappa shape index (κ3) is 3.93. The molecule has 0 radical (unpaired) electrons. The summed E-state index contributed by atoms with van der Waals surface area (Å²) in [5.74, 6) is 1.37. The second-order valence-electron chi connectivity index (χ2n) is 7.54. The average Bonchev–Trinajstić information content (AvgIpc) is 3.54. The van der Waals surface area contributed by atoms with E-state index in [1.54, 1.807) is 6.07 Å². The van der Waals surface area contributed by atoms with Crippen LogP contribution in [0.15, 0.2) is 54.6 Å². The highest BCUT2D eigenvalue weighted by Crippen LogP contribution is 2.34. The smallest absolute Gasteiger partial charge is 0.257 e. The minimum absolute atomic E-state index is 0.0565. The van der Waals surface area contributed by atoms with Gasteiger partial charge in [-0.05, 0) is 37.1 Å². The fraction of sp³-hybridized carbons (Fsp3) is 0.261. The normalized spacial score (nSPS) is 15.4. The van der Waals surface area contributed by atoms with Gasteiger partial charge in [-0.2, -0.15) is 0 Å². The number of benzene rings is 2. The van der Waals surface area contributed by atoms with Crippen molar-refractivity contribution in [2.24, 2.45) is 5.92 Å². The van der Waals surface area contributed by atoms with Gasteiger partial charge < -0.3 is 15.0 Å². The van der Waals surface area contributed by atoms with Crippen LogP contribution in [0.1, 0.15) is 33.8 Å². The SMILES string of the molecule is O=C(Nc1nc2c(s1)CN(C(=O)c1ccccc1Oc1ccccc1)CC2)C1CC1. The Balaban J connectivity index is 1.32. The summed E-state index contributed by atoms with van der Waals surface area (Å²) in [7, 11) is 0. The fourth-order valence-electron chi connectivity index (χ4n) is 3.49. The number of thiazole rings is 1. The van der Waals surface area contributed by atoms with Crippen LogP contribution in [0.2, 0.25) is 0 Å². The maximum atomic E-state index is 13.3. The van der Waals surface area contributed by atoms with E-state index in [0.29, 0.717) is 41.7 Å². The Morgan fingerprint density at radius 3 is 2.63 bits per heavy atom. The molecule has 1 aliphatic carbocycles. The number of anilines is 1. The molecule has 7 heteroatoms. The van der Waals surface area contributed by atoms with Gasteiger partial charge in [0.25, 0.3) is 5.91 Å². The quantitative estimate of drug-likeness (QED) is 0.662. The third-order valence-electron chi connectivity index (χ3n) is 5.29. The molecule has 5 rings (SSSR count). The van der Waals surface area contributed by atoms with E-state index in [0.717, 1.165) is 23.4 Å². The van der Waals surface area contributed by atoms with Crippen molar-refractivity contribution in [1.82, 2.24) is 9.88 Å². The summed E-state index contributed by atoms with van der Waals surface area (Å²) in [6.07, 6.45) is 2.60. The minimum atomic E-state index is -0.0656. The molecule has 1 aliphatic heterocycles. The van der Waals surface area contributed by atoms with Crippen molar-refractivity contribution in [3.8, 4) is 11.5 Å². The Kier molecular flexibility index (Phi) is 4.96. The average molecular weight is 420 g/mol. The summed E-state index contributed by atoms with van der Waals surface area (Å²) in [5, 5.41) is 3.56. The van der Waals surface area contributed by atoms with E-state index < -0.39 is 0 Å². The van der Waals surface area contributed by atoms with Crippen molar-refractivity contribution >= 4 is 28.3 Å². The minimum Gasteiger partial charge on any atom is -0.457 e. The lowest BCUT2D eigenvalue weighted by Crippen LogP contribution is -2.35. The molecular weight excluding hydrogens is 398 g/mol. The van der Waals surface area contributed by atoms with Crippen molar-refractivity contribution in [3.05, 3.63) is 70.7 Å². The number of nitrogens with one attached hydrogen (secondary N) is 1. The lowest BCUT2D eigenvalue weighted by Gasteiger charge is -2.26. The first-order chi connectivity index (χ1) is 14.7. The number of amides is 2. The van der Waals surface area contributed by atoms with E-state index >= 15 is 0 Å². The molecule has 2 aromatic carbocycles. The molecule has 0 unspecified atom stereocenters. The second-order valence-corrected chi connectivity index (χ2v) is 8.62. The summed E-state index contributed by atoms with van der Waals surface area (Å²) in [4.78, 5) is 32.7. The maximum Gasteiger partial charge on any atom is 0.257 e. The van der Waals surface area contributed by atoms with Crippen LogP contribution in [-0.2, 0) is 17.8 Å². The van der Waals surface area contributed by atoms with Crippen molar-refractivity contribution in [2.75, 3.05) is 11.9 Å². The zero-order valence-electron chi connectivity index (χ0n) is 16.3. The van der Waals surface area contributed by atoms with Gasteiger partial charge in [-0.15, -0.1) is 0 Å². The molecule has 2 heterocycles. The van der Waals surface area contributed by atoms with E-state index in [1.165, 1.54) is 11.3 Å². The van der Waals surface area contributed by atoms with Crippen LogP contribution in [-0.4, -0.2) is 28.2 Å². The topological polar surface area (TPSA) is 71.5 Å². The summed E-state index contributed by atoms with van der Waals surface area (Å²) in [5.41, 5.74) is 1.51. The molecule has 3 aromatic rings. The number of carbonyl (C=O) groups excluding carboxylic acids is 2. The summed E-state index contributed by atoms with van der Waals surface area (Å²) >= 11 is 1.46. The fourth-order valence-corrected chi connectivity index (χ4v) is 4.52. The van der Waals surface area contributed by atoms with Crippen LogP contribution < -0.4 is 10.1 Å². The van der Waals surface area contributed by atoms with Crippen LogP contribution in [0.3, 0.4) is 0 Å². The first-order valence-electron chi connectivity index (χ1n) is 10.1. The number of carbonyl (C=O) groups is 2. The Bertz CT molecular complexity index is 1090. The Hall–Kier alpha value is -3.19. The molecule has 2 amide bonds. The molecule has 0 saturated heterocycles. The standard InChI is InChI=1S/C23H21N3O3S/c27-21(15-10-11-15)25-23-24-18-12-13-26(14-20(18)30-23)22(28)17-8-4-5-9-19(17)29-16-6-2-1-3-7-16/h1-9,15H,10-14H2,(H,24,25,27). The molecule has 6 nitrogen and oxygen atoms in total. The number of hydrogen-bond acceptors (Lipinski definition) is 5. The predicted molar refractivity (Wildman–Crippen MR) is 115 cm³/mol. The number of fused-ring (bicyclic) bond motifs is 1. The Morgan fingerprint density at radius 1 is 1.07 bits per heavy atom. The number of aromatic nitrogens is 1.